The fourth-order valence-electron chi connectivity index (χ4n) is 2.36. The van der Waals surface area contributed by atoms with Crippen molar-refractivity contribution in [3.63, 3.8) is 0 Å². The third-order valence-electron chi connectivity index (χ3n) is 3.21. The molecular formula is C14H16N2O2. The Hall–Kier alpha value is -2.10. The normalized spacial score (nSPS) is 13.9. The van der Waals surface area contributed by atoms with E-state index >= 15 is 0 Å². The quantitative estimate of drug-likeness (QED) is 0.799. The van der Waals surface area contributed by atoms with Crippen LogP contribution in [-0.2, 0) is 29.0 Å². The fourth-order valence-corrected chi connectivity index (χ4v) is 2.36. The molecule has 0 aliphatic carbocycles. The van der Waals surface area contributed by atoms with Gasteiger partial charge in [0.15, 0.2) is 0 Å². The number of hydrogen-bond acceptors (Lipinski definition) is 2. The van der Waals surface area contributed by atoms with Crippen LogP contribution in [0, 0.1) is 0 Å². The van der Waals surface area contributed by atoms with Crippen LogP contribution in [0.3, 0.4) is 0 Å². The Balaban J connectivity index is 2.26. The summed E-state index contributed by atoms with van der Waals surface area (Å²) in [5.41, 5.74) is 8.47. The number of carbonyl (C=O) groups excluding carboxylic acids is 2. The lowest BCUT2D eigenvalue weighted by molar-refractivity contribution is -0.127. The summed E-state index contributed by atoms with van der Waals surface area (Å²) in [7, 11) is 0. The van der Waals surface area contributed by atoms with Crippen molar-refractivity contribution in [2.24, 2.45) is 5.73 Å². The van der Waals surface area contributed by atoms with Gasteiger partial charge in [-0.05, 0) is 29.2 Å². The largest absolute Gasteiger partial charge is 0.369 e. The van der Waals surface area contributed by atoms with Gasteiger partial charge in [0.25, 0.3) is 0 Å². The first-order chi connectivity index (χ1) is 8.61. The lowest BCUT2D eigenvalue weighted by atomic mass is 9.93. The standard InChI is InChI=1S/C14H16N2O2/c1-2-14(18)16-7-6-12-10(8-13(15)17)4-3-5-11(12)9-16/h2-5H,1,6-9H2,(H2,15,17). The Bertz CT molecular complexity index is 509. The molecule has 94 valence electrons. The zero-order valence-electron chi connectivity index (χ0n) is 10.2. The Morgan fingerprint density at radius 1 is 1.44 bits per heavy atom. The monoisotopic (exact) mass is 244 g/mol. The molecule has 0 saturated carbocycles. The van der Waals surface area contributed by atoms with E-state index in [0.29, 0.717) is 13.1 Å². The Morgan fingerprint density at radius 2 is 2.22 bits per heavy atom. The number of carbonyl (C=O) groups is 2. The van der Waals surface area contributed by atoms with Gasteiger partial charge in [0, 0.05) is 13.1 Å². The molecule has 2 N–H and O–H groups in total. The van der Waals surface area contributed by atoms with Gasteiger partial charge in [-0.15, -0.1) is 0 Å². The second kappa shape index (κ2) is 5.04. The van der Waals surface area contributed by atoms with E-state index in [1.165, 1.54) is 6.08 Å². The predicted molar refractivity (Wildman–Crippen MR) is 68.7 cm³/mol. The summed E-state index contributed by atoms with van der Waals surface area (Å²) in [6, 6.07) is 5.82. The molecular weight excluding hydrogens is 228 g/mol. The van der Waals surface area contributed by atoms with Crippen molar-refractivity contribution in [2.75, 3.05) is 6.54 Å². The lowest BCUT2D eigenvalue weighted by Crippen LogP contribution is -2.35. The smallest absolute Gasteiger partial charge is 0.246 e. The molecule has 0 radical (unpaired) electrons. The average molecular weight is 244 g/mol. The minimum Gasteiger partial charge on any atom is -0.369 e. The van der Waals surface area contributed by atoms with Gasteiger partial charge in [0.1, 0.15) is 0 Å². The number of amides is 2. The van der Waals surface area contributed by atoms with E-state index in [2.05, 4.69) is 6.58 Å². The van der Waals surface area contributed by atoms with Gasteiger partial charge in [-0.2, -0.15) is 0 Å². The van der Waals surface area contributed by atoms with E-state index in [4.69, 9.17) is 5.73 Å². The molecule has 2 rings (SSSR count). The molecule has 0 atom stereocenters. The van der Waals surface area contributed by atoms with Gasteiger partial charge in [0.05, 0.1) is 6.42 Å². The van der Waals surface area contributed by atoms with Gasteiger partial charge >= 0.3 is 0 Å². The number of primary amides is 1. The molecule has 18 heavy (non-hydrogen) atoms. The molecule has 0 saturated heterocycles. The van der Waals surface area contributed by atoms with Crippen LogP contribution in [-0.4, -0.2) is 23.3 Å². The molecule has 0 unspecified atom stereocenters. The number of nitrogens with zero attached hydrogens (tertiary/aromatic N) is 1. The third-order valence-corrected chi connectivity index (χ3v) is 3.21. The Kier molecular flexibility index (Phi) is 3.46. The van der Waals surface area contributed by atoms with Crippen LogP contribution in [0.25, 0.3) is 0 Å². The van der Waals surface area contributed by atoms with E-state index < -0.39 is 0 Å². The topological polar surface area (TPSA) is 63.4 Å². The minimum absolute atomic E-state index is 0.0547. The van der Waals surface area contributed by atoms with Crippen LogP contribution >= 0.6 is 0 Å². The summed E-state index contributed by atoms with van der Waals surface area (Å²) >= 11 is 0. The number of fused-ring (bicyclic) bond motifs is 1. The highest BCUT2D eigenvalue weighted by molar-refractivity contribution is 5.87. The van der Waals surface area contributed by atoms with E-state index in [1.807, 2.05) is 18.2 Å². The molecule has 1 aromatic rings. The highest BCUT2D eigenvalue weighted by atomic mass is 16.2. The first-order valence-electron chi connectivity index (χ1n) is 5.91. The van der Waals surface area contributed by atoms with Crippen molar-refractivity contribution in [3.8, 4) is 0 Å². The number of nitrogens with two attached hydrogens (primary N) is 1. The molecule has 0 bridgehead atoms. The van der Waals surface area contributed by atoms with Crippen molar-refractivity contribution >= 4 is 11.8 Å². The van der Waals surface area contributed by atoms with Crippen LogP contribution < -0.4 is 5.73 Å². The van der Waals surface area contributed by atoms with E-state index in [0.717, 1.165) is 23.1 Å². The molecule has 0 fully saturated rings. The lowest BCUT2D eigenvalue weighted by Gasteiger charge is -2.29. The van der Waals surface area contributed by atoms with Crippen molar-refractivity contribution in [2.45, 2.75) is 19.4 Å². The maximum absolute atomic E-state index is 11.6. The minimum atomic E-state index is -0.326. The second-order valence-corrected chi connectivity index (χ2v) is 4.41. The second-order valence-electron chi connectivity index (χ2n) is 4.41. The molecule has 4 heteroatoms. The van der Waals surface area contributed by atoms with Gasteiger partial charge in [0.2, 0.25) is 11.8 Å². The number of rotatable bonds is 3. The summed E-state index contributed by atoms with van der Waals surface area (Å²) in [6.07, 6.45) is 2.36. The van der Waals surface area contributed by atoms with Gasteiger partial charge < -0.3 is 10.6 Å². The number of benzene rings is 1. The first kappa shape index (κ1) is 12.4. The van der Waals surface area contributed by atoms with E-state index in [-0.39, 0.29) is 18.2 Å². The van der Waals surface area contributed by atoms with Gasteiger partial charge in [-0.25, -0.2) is 0 Å². The first-order valence-corrected chi connectivity index (χ1v) is 5.91. The summed E-state index contributed by atoms with van der Waals surface area (Å²) < 4.78 is 0. The number of hydrogen-bond donors (Lipinski definition) is 1. The summed E-state index contributed by atoms with van der Waals surface area (Å²) in [5, 5.41) is 0. The Morgan fingerprint density at radius 3 is 2.89 bits per heavy atom. The molecule has 1 aliphatic heterocycles. The van der Waals surface area contributed by atoms with Crippen LogP contribution in [0.2, 0.25) is 0 Å². The van der Waals surface area contributed by atoms with Gasteiger partial charge in [-0.1, -0.05) is 24.8 Å². The third kappa shape index (κ3) is 2.42. The van der Waals surface area contributed by atoms with Crippen molar-refractivity contribution in [1.29, 1.82) is 0 Å². The zero-order valence-corrected chi connectivity index (χ0v) is 10.2. The highest BCUT2D eigenvalue weighted by Gasteiger charge is 2.21. The maximum atomic E-state index is 11.6. The molecule has 1 aromatic carbocycles. The molecule has 4 nitrogen and oxygen atoms in total. The molecule has 0 aromatic heterocycles. The Labute approximate surface area is 106 Å². The molecule has 1 aliphatic rings. The fraction of sp³-hybridized carbons (Fsp3) is 0.286. The van der Waals surface area contributed by atoms with Crippen molar-refractivity contribution in [3.05, 3.63) is 47.5 Å². The highest BCUT2D eigenvalue weighted by Crippen LogP contribution is 2.23. The van der Waals surface area contributed by atoms with Crippen LogP contribution in [0.1, 0.15) is 16.7 Å². The van der Waals surface area contributed by atoms with Crippen LogP contribution in [0.5, 0.6) is 0 Å². The maximum Gasteiger partial charge on any atom is 0.246 e. The summed E-state index contributed by atoms with van der Waals surface area (Å²) in [6.45, 7) is 4.73. The van der Waals surface area contributed by atoms with E-state index in [1.54, 1.807) is 4.90 Å². The van der Waals surface area contributed by atoms with Crippen LogP contribution in [0.15, 0.2) is 30.9 Å². The molecule has 1 heterocycles. The van der Waals surface area contributed by atoms with Crippen molar-refractivity contribution < 1.29 is 9.59 Å². The van der Waals surface area contributed by atoms with E-state index in [9.17, 15) is 9.59 Å². The average Bonchev–Trinajstić information content (AvgIpc) is 2.37. The predicted octanol–water partition coefficient (Wildman–Crippen LogP) is 0.785. The summed E-state index contributed by atoms with van der Waals surface area (Å²) in [4.78, 5) is 24.3. The van der Waals surface area contributed by atoms with Gasteiger partial charge in [-0.3, -0.25) is 9.59 Å². The summed E-state index contributed by atoms with van der Waals surface area (Å²) in [5.74, 6) is -0.381. The molecule has 0 spiro atoms. The zero-order chi connectivity index (χ0) is 13.1. The SMILES string of the molecule is C=CC(=O)N1CCc2c(CC(N)=O)cccc2C1. The van der Waals surface area contributed by atoms with Crippen molar-refractivity contribution in [1.82, 2.24) is 4.90 Å². The van der Waals surface area contributed by atoms with Crippen LogP contribution in [0.4, 0.5) is 0 Å². The molecule has 2 amide bonds.